The number of nitrogens with one attached hydrogen (secondary N) is 1. The molecule has 0 bridgehead atoms. The Labute approximate surface area is 189 Å². The van der Waals surface area contributed by atoms with Crippen LogP contribution in [0.5, 0.6) is 0 Å². The Morgan fingerprint density at radius 1 is 1.19 bits per heavy atom. The molecule has 4 rings (SSSR count). The van der Waals surface area contributed by atoms with Gasteiger partial charge in [-0.3, -0.25) is 19.2 Å². The van der Waals surface area contributed by atoms with E-state index in [0.29, 0.717) is 35.0 Å². The average Bonchev–Trinajstić information content (AvgIpc) is 3.38. The highest BCUT2D eigenvalue weighted by molar-refractivity contribution is 7.92. The number of hydrogen-bond donors (Lipinski definition) is 1. The average molecular weight is 472 g/mol. The van der Waals surface area contributed by atoms with Crippen LogP contribution in [0.15, 0.2) is 53.9 Å². The number of benzene rings is 2. The molecule has 0 unspecified atom stereocenters. The first-order valence-electron chi connectivity index (χ1n) is 9.82. The van der Waals surface area contributed by atoms with Crippen molar-refractivity contribution in [1.82, 2.24) is 4.98 Å². The van der Waals surface area contributed by atoms with Gasteiger partial charge in [-0.05, 0) is 24.1 Å². The van der Waals surface area contributed by atoms with Crippen LogP contribution >= 0.6 is 11.3 Å². The monoisotopic (exact) mass is 471 g/mol. The Kier molecular flexibility index (Phi) is 5.98. The van der Waals surface area contributed by atoms with E-state index in [4.69, 9.17) is 4.74 Å². The van der Waals surface area contributed by atoms with E-state index in [1.54, 1.807) is 30.3 Å². The molecule has 0 saturated carbocycles. The first-order valence-corrected chi connectivity index (χ1v) is 12.5. The number of rotatable bonds is 6. The number of anilines is 2. The van der Waals surface area contributed by atoms with Gasteiger partial charge in [0.05, 0.1) is 17.6 Å². The van der Waals surface area contributed by atoms with Gasteiger partial charge in [0.2, 0.25) is 16.1 Å². The fourth-order valence-electron chi connectivity index (χ4n) is 3.58. The third-order valence-corrected chi connectivity index (χ3v) is 6.92. The van der Waals surface area contributed by atoms with Crippen molar-refractivity contribution in [2.24, 2.45) is 0 Å². The summed E-state index contributed by atoms with van der Waals surface area (Å²) in [6, 6.07) is 14.3. The number of hydrogen-bond acceptors (Lipinski definition) is 7. The zero-order valence-corrected chi connectivity index (χ0v) is 19.1. The second-order valence-corrected chi connectivity index (χ2v) is 10.1. The highest BCUT2D eigenvalue weighted by Gasteiger charge is 2.27. The van der Waals surface area contributed by atoms with E-state index in [9.17, 15) is 18.0 Å². The molecule has 0 saturated heterocycles. The maximum absolute atomic E-state index is 12.8. The maximum atomic E-state index is 12.8. The van der Waals surface area contributed by atoms with Gasteiger partial charge in [0.1, 0.15) is 0 Å². The fourth-order valence-corrected chi connectivity index (χ4v) is 5.26. The minimum atomic E-state index is -3.31. The second kappa shape index (κ2) is 8.71. The molecule has 1 N–H and O–H groups in total. The third kappa shape index (κ3) is 4.66. The fraction of sp³-hybridized carbons (Fsp3) is 0.227. The number of nitrogens with zero attached hydrogens (tertiary/aromatic N) is 2. The van der Waals surface area contributed by atoms with Gasteiger partial charge in [-0.15, -0.1) is 11.3 Å². The molecule has 8 nitrogen and oxygen atoms in total. The standard InChI is InChI=1S/C22H21N3O5S2/c1-14(26)30-20(15-6-4-3-5-7-15)21(27)24-22-23-18(13-31-22)16-8-9-19-17(12-16)10-11-25(19)32(2,28)29/h3-9,12-13,20H,10-11H2,1-2H3,(H,23,24,27)/t20-/m0/s1. The van der Waals surface area contributed by atoms with E-state index < -0.39 is 28.0 Å². The van der Waals surface area contributed by atoms with Crippen LogP contribution in [0.1, 0.15) is 24.2 Å². The smallest absolute Gasteiger partial charge is 0.303 e. The summed E-state index contributed by atoms with van der Waals surface area (Å²) in [6.07, 6.45) is 0.748. The zero-order valence-electron chi connectivity index (χ0n) is 17.4. The normalized spacial score (nSPS) is 14.0. The van der Waals surface area contributed by atoms with Crippen molar-refractivity contribution >= 4 is 44.1 Å². The summed E-state index contributed by atoms with van der Waals surface area (Å²) in [4.78, 5) is 28.8. The van der Waals surface area contributed by atoms with Crippen LogP contribution in [0.3, 0.4) is 0 Å². The van der Waals surface area contributed by atoms with E-state index in [1.807, 2.05) is 23.6 Å². The number of aromatic nitrogens is 1. The lowest BCUT2D eigenvalue weighted by Crippen LogP contribution is -2.27. The van der Waals surface area contributed by atoms with Crippen molar-refractivity contribution in [3.63, 3.8) is 0 Å². The highest BCUT2D eigenvalue weighted by atomic mass is 32.2. The van der Waals surface area contributed by atoms with Crippen molar-refractivity contribution in [1.29, 1.82) is 0 Å². The lowest BCUT2D eigenvalue weighted by Gasteiger charge is -2.16. The van der Waals surface area contributed by atoms with Gasteiger partial charge in [-0.1, -0.05) is 36.4 Å². The number of carbonyl (C=O) groups is 2. The van der Waals surface area contributed by atoms with Crippen LogP contribution in [0.2, 0.25) is 0 Å². The molecule has 0 fully saturated rings. The molecule has 1 aliphatic heterocycles. The van der Waals surface area contributed by atoms with Crippen molar-refractivity contribution in [3.05, 3.63) is 65.0 Å². The molecule has 32 heavy (non-hydrogen) atoms. The minimum Gasteiger partial charge on any atom is -0.447 e. The molecular formula is C22H21N3O5S2. The predicted octanol–water partition coefficient (Wildman–Crippen LogP) is 3.38. The van der Waals surface area contributed by atoms with Crippen molar-refractivity contribution in [2.45, 2.75) is 19.4 Å². The van der Waals surface area contributed by atoms with Gasteiger partial charge >= 0.3 is 5.97 Å². The predicted molar refractivity (Wildman–Crippen MR) is 123 cm³/mol. The van der Waals surface area contributed by atoms with Crippen molar-refractivity contribution < 1.29 is 22.7 Å². The number of carbonyl (C=O) groups excluding carboxylic acids is 2. The zero-order chi connectivity index (χ0) is 22.9. The molecule has 0 spiro atoms. The number of fused-ring (bicyclic) bond motifs is 1. The third-order valence-electron chi connectivity index (χ3n) is 4.99. The molecule has 2 heterocycles. The lowest BCUT2D eigenvalue weighted by atomic mass is 10.1. The van der Waals surface area contributed by atoms with Crippen molar-refractivity contribution in [3.8, 4) is 11.3 Å². The molecule has 3 aromatic rings. The number of ether oxygens (including phenoxy) is 1. The number of thiazole rings is 1. The molecule has 10 heteroatoms. The van der Waals surface area contributed by atoms with Crippen LogP contribution in [0.4, 0.5) is 10.8 Å². The van der Waals surface area contributed by atoms with Gasteiger partial charge < -0.3 is 4.74 Å². The summed E-state index contributed by atoms with van der Waals surface area (Å²) in [5.74, 6) is -1.06. The Morgan fingerprint density at radius 2 is 1.94 bits per heavy atom. The van der Waals surface area contributed by atoms with Gasteiger partial charge in [0.15, 0.2) is 5.13 Å². The van der Waals surface area contributed by atoms with Crippen molar-refractivity contribution in [2.75, 3.05) is 22.4 Å². The second-order valence-electron chi connectivity index (χ2n) is 7.36. The topological polar surface area (TPSA) is 106 Å². The maximum Gasteiger partial charge on any atom is 0.303 e. The van der Waals surface area contributed by atoms with Gasteiger partial charge in [0, 0.05) is 30.0 Å². The molecule has 1 amide bonds. The SMILES string of the molecule is CC(=O)O[C@H](C(=O)Nc1nc(-c2ccc3c(c2)CCN3S(C)(=O)=O)cs1)c1ccccc1. The lowest BCUT2D eigenvalue weighted by molar-refractivity contribution is -0.152. The summed E-state index contributed by atoms with van der Waals surface area (Å²) in [5, 5.41) is 4.90. The van der Waals surface area contributed by atoms with E-state index in [0.717, 1.165) is 11.1 Å². The van der Waals surface area contributed by atoms with Gasteiger partial charge in [0.25, 0.3) is 5.91 Å². The summed E-state index contributed by atoms with van der Waals surface area (Å²) >= 11 is 1.25. The molecule has 1 atom stereocenters. The molecule has 2 aromatic carbocycles. The minimum absolute atomic E-state index is 0.372. The highest BCUT2D eigenvalue weighted by Crippen LogP contribution is 2.34. The first kappa shape index (κ1) is 22.0. The Balaban J connectivity index is 1.53. The summed E-state index contributed by atoms with van der Waals surface area (Å²) < 4.78 is 30.5. The van der Waals surface area contributed by atoms with E-state index in [2.05, 4.69) is 10.3 Å². The van der Waals surface area contributed by atoms with Crippen LogP contribution in [0, 0.1) is 0 Å². The summed E-state index contributed by atoms with van der Waals surface area (Å²) in [6.45, 7) is 1.68. The Bertz CT molecular complexity index is 1270. The molecule has 0 aliphatic carbocycles. The summed E-state index contributed by atoms with van der Waals surface area (Å²) in [7, 11) is -3.31. The number of amides is 1. The van der Waals surface area contributed by atoms with Gasteiger partial charge in [-0.2, -0.15) is 0 Å². The largest absolute Gasteiger partial charge is 0.447 e. The Morgan fingerprint density at radius 3 is 2.62 bits per heavy atom. The van der Waals surface area contributed by atoms with Crippen LogP contribution in [-0.4, -0.2) is 38.1 Å². The van der Waals surface area contributed by atoms with Crippen LogP contribution in [0.25, 0.3) is 11.3 Å². The van der Waals surface area contributed by atoms with E-state index >= 15 is 0 Å². The molecular weight excluding hydrogens is 450 g/mol. The molecule has 0 radical (unpaired) electrons. The number of sulfonamides is 1. The Hall–Kier alpha value is -3.24. The molecule has 1 aromatic heterocycles. The van der Waals surface area contributed by atoms with Crippen LogP contribution in [-0.2, 0) is 30.8 Å². The van der Waals surface area contributed by atoms with Crippen LogP contribution < -0.4 is 9.62 Å². The van der Waals surface area contributed by atoms with E-state index in [-0.39, 0.29) is 0 Å². The summed E-state index contributed by atoms with van der Waals surface area (Å²) in [5.41, 5.74) is 3.67. The van der Waals surface area contributed by atoms with Gasteiger partial charge in [-0.25, -0.2) is 13.4 Å². The molecule has 166 valence electrons. The molecule has 1 aliphatic rings. The number of esters is 1. The quantitative estimate of drug-likeness (QED) is 0.553. The van der Waals surface area contributed by atoms with E-state index in [1.165, 1.54) is 28.8 Å². The first-order chi connectivity index (χ1) is 15.2.